The number of esters is 1. The van der Waals surface area contributed by atoms with Crippen molar-refractivity contribution >= 4 is 28.9 Å². The van der Waals surface area contributed by atoms with Crippen molar-refractivity contribution in [3.8, 4) is 11.4 Å². The van der Waals surface area contributed by atoms with Crippen LogP contribution in [0.1, 0.15) is 10.5 Å². The van der Waals surface area contributed by atoms with E-state index in [4.69, 9.17) is 21.1 Å². The van der Waals surface area contributed by atoms with E-state index >= 15 is 0 Å². The molecule has 0 amide bonds. The number of carbonyl (C=O) groups excluding carboxylic acids is 1. The van der Waals surface area contributed by atoms with Gasteiger partial charge in [-0.15, -0.1) is 0 Å². The van der Waals surface area contributed by atoms with Crippen LogP contribution in [0, 0.1) is 0 Å². The van der Waals surface area contributed by atoms with Crippen LogP contribution in [0.3, 0.4) is 0 Å². The van der Waals surface area contributed by atoms with Gasteiger partial charge in [-0.3, -0.25) is 4.79 Å². The highest BCUT2D eigenvalue weighted by molar-refractivity contribution is 6.30. The number of methoxy groups -OCH3 is 2. The summed E-state index contributed by atoms with van der Waals surface area (Å²) in [5, 5.41) is 7.71. The first-order valence-corrected chi connectivity index (χ1v) is 8.29. The molecule has 0 spiro atoms. The Morgan fingerprint density at radius 2 is 1.74 bits per heavy atom. The molecule has 1 N–H and O–H groups in total. The smallest absolute Gasteiger partial charge is 0.360 e. The van der Waals surface area contributed by atoms with Gasteiger partial charge in [0.15, 0.2) is 5.69 Å². The third kappa shape index (κ3) is 4.09. The highest BCUT2D eigenvalue weighted by atomic mass is 35.5. The quantitative estimate of drug-likeness (QED) is 0.677. The molecule has 3 rings (SSSR count). The summed E-state index contributed by atoms with van der Waals surface area (Å²) in [4.78, 5) is 24.7. The first-order valence-electron chi connectivity index (χ1n) is 7.91. The van der Waals surface area contributed by atoms with E-state index in [-0.39, 0.29) is 11.4 Å². The van der Waals surface area contributed by atoms with Crippen LogP contribution in [0.2, 0.25) is 5.02 Å². The summed E-state index contributed by atoms with van der Waals surface area (Å²) in [7, 11) is 2.82. The zero-order chi connectivity index (χ0) is 19.4. The van der Waals surface area contributed by atoms with Crippen LogP contribution in [-0.4, -0.2) is 30.0 Å². The van der Waals surface area contributed by atoms with E-state index in [1.807, 2.05) is 0 Å². The molecule has 0 fully saturated rings. The van der Waals surface area contributed by atoms with Gasteiger partial charge in [-0.25, -0.2) is 4.79 Å². The average molecular weight is 386 g/mol. The van der Waals surface area contributed by atoms with E-state index in [1.165, 1.54) is 13.2 Å². The lowest BCUT2D eigenvalue weighted by Gasteiger charge is -2.13. The molecule has 7 nitrogen and oxygen atoms in total. The standard InChI is InChI=1S/C19H16ClN3O4/c1-26-15-9-5-13(6-10-15)21-16-11-17(24)23(22-18(16)19(25)27-2)14-7-3-12(20)4-8-14/h3-11,21H,1-2H3. The van der Waals surface area contributed by atoms with Gasteiger partial charge in [0.2, 0.25) is 0 Å². The molecule has 8 heteroatoms. The van der Waals surface area contributed by atoms with Gasteiger partial charge in [0.05, 0.1) is 25.6 Å². The average Bonchev–Trinajstić information content (AvgIpc) is 2.69. The lowest BCUT2D eigenvalue weighted by atomic mass is 10.2. The maximum atomic E-state index is 12.5. The molecule has 0 atom stereocenters. The van der Waals surface area contributed by atoms with Crippen LogP contribution in [0.4, 0.5) is 11.4 Å². The van der Waals surface area contributed by atoms with Crippen LogP contribution < -0.4 is 15.6 Å². The topological polar surface area (TPSA) is 82.5 Å². The third-order valence-electron chi connectivity index (χ3n) is 3.75. The van der Waals surface area contributed by atoms with Crippen molar-refractivity contribution in [1.29, 1.82) is 0 Å². The molecule has 2 aromatic carbocycles. The molecule has 0 aliphatic rings. The molecule has 0 saturated carbocycles. The molecular weight excluding hydrogens is 370 g/mol. The van der Waals surface area contributed by atoms with Crippen molar-refractivity contribution in [3.63, 3.8) is 0 Å². The normalized spacial score (nSPS) is 10.3. The first-order chi connectivity index (χ1) is 13.0. The monoisotopic (exact) mass is 385 g/mol. The Hall–Kier alpha value is -3.32. The zero-order valence-electron chi connectivity index (χ0n) is 14.6. The maximum absolute atomic E-state index is 12.5. The van der Waals surface area contributed by atoms with Gasteiger partial charge in [0.25, 0.3) is 5.56 Å². The largest absolute Gasteiger partial charge is 0.497 e. The summed E-state index contributed by atoms with van der Waals surface area (Å²) in [6.45, 7) is 0. The summed E-state index contributed by atoms with van der Waals surface area (Å²) in [6, 6.07) is 14.8. The number of aromatic nitrogens is 2. The number of rotatable bonds is 5. The Balaban J connectivity index is 2.05. The van der Waals surface area contributed by atoms with Crippen molar-refractivity contribution < 1.29 is 14.3 Å². The number of anilines is 2. The molecule has 1 aromatic heterocycles. The third-order valence-corrected chi connectivity index (χ3v) is 4.00. The van der Waals surface area contributed by atoms with Crippen LogP contribution >= 0.6 is 11.6 Å². The summed E-state index contributed by atoms with van der Waals surface area (Å²) < 4.78 is 11.0. The van der Waals surface area contributed by atoms with Gasteiger partial charge in [-0.1, -0.05) is 11.6 Å². The second kappa shape index (κ2) is 7.92. The van der Waals surface area contributed by atoms with Gasteiger partial charge >= 0.3 is 5.97 Å². The summed E-state index contributed by atoms with van der Waals surface area (Å²) in [6.07, 6.45) is 0. The van der Waals surface area contributed by atoms with Crippen LogP contribution in [0.25, 0.3) is 5.69 Å². The Morgan fingerprint density at radius 1 is 1.07 bits per heavy atom. The zero-order valence-corrected chi connectivity index (χ0v) is 15.4. The highest BCUT2D eigenvalue weighted by Gasteiger charge is 2.18. The maximum Gasteiger partial charge on any atom is 0.360 e. The Kier molecular flexibility index (Phi) is 5.42. The molecule has 0 radical (unpaired) electrons. The predicted octanol–water partition coefficient (Wildman–Crippen LogP) is 3.42. The fourth-order valence-corrected chi connectivity index (χ4v) is 2.52. The molecule has 27 heavy (non-hydrogen) atoms. The fourth-order valence-electron chi connectivity index (χ4n) is 2.40. The number of carbonyl (C=O) groups is 1. The number of nitrogens with one attached hydrogen (secondary N) is 1. The molecule has 0 aliphatic carbocycles. The van der Waals surface area contributed by atoms with Crippen molar-refractivity contribution in [2.45, 2.75) is 0 Å². The summed E-state index contributed by atoms with van der Waals surface area (Å²) >= 11 is 5.88. The molecule has 3 aromatic rings. The number of halogens is 1. The second-order valence-corrected chi connectivity index (χ2v) is 5.91. The number of hydrogen-bond donors (Lipinski definition) is 1. The second-order valence-electron chi connectivity index (χ2n) is 5.48. The van der Waals surface area contributed by atoms with E-state index in [9.17, 15) is 9.59 Å². The predicted molar refractivity (Wildman–Crippen MR) is 102 cm³/mol. The number of ether oxygens (including phenoxy) is 2. The van der Waals surface area contributed by atoms with Crippen LogP contribution in [0.5, 0.6) is 5.75 Å². The minimum atomic E-state index is -0.672. The number of hydrogen-bond acceptors (Lipinski definition) is 6. The molecule has 138 valence electrons. The Morgan fingerprint density at radius 3 is 2.33 bits per heavy atom. The Labute approximate surface area is 160 Å². The van der Waals surface area contributed by atoms with Crippen LogP contribution in [-0.2, 0) is 4.74 Å². The van der Waals surface area contributed by atoms with E-state index in [0.717, 1.165) is 4.68 Å². The van der Waals surface area contributed by atoms with E-state index in [1.54, 1.807) is 55.6 Å². The van der Waals surface area contributed by atoms with E-state index in [0.29, 0.717) is 22.1 Å². The van der Waals surface area contributed by atoms with E-state index in [2.05, 4.69) is 10.4 Å². The Bertz CT molecular complexity index is 1010. The van der Waals surface area contributed by atoms with Crippen molar-refractivity contribution in [3.05, 3.63) is 75.7 Å². The lowest BCUT2D eigenvalue weighted by molar-refractivity contribution is 0.0593. The molecule has 0 aliphatic heterocycles. The van der Waals surface area contributed by atoms with Crippen molar-refractivity contribution in [1.82, 2.24) is 9.78 Å². The molecule has 0 bridgehead atoms. The molecular formula is C19H16ClN3O4. The SMILES string of the molecule is COC(=O)c1nn(-c2ccc(Cl)cc2)c(=O)cc1Nc1ccc(OC)cc1. The number of benzene rings is 2. The summed E-state index contributed by atoms with van der Waals surface area (Å²) in [5.74, 6) is 0.0127. The first kappa shape index (κ1) is 18.5. The van der Waals surface area contributed by atoms with Crippen molar-refractivity contribution in [2.24, 2.45) is 0 Å². The minimum absolute atomic E-state index is 0.0251. The molecule has 1 heterocycles. The van der Waals surface area contributed by atoms with Crippen molar-refractivity contribution in [2.75, 3.05) is 19.5 Å². The lowest BCUT2D eigenvalue weighted by Crippen LogP contribution is -2.25. The molecule has 0 saturated heterocycles. The van der Waals surface area contributed by atoms with Gasteiger partial charge in [0.1, 0.15) is 5.75 Å². The summed E-state index contributed by atoms with van der Waals surface area (Å²) in [5.41, 5.74) is 0.933. The van der Waals surface area contributed by atoms with Gasteiger partial charge in [-0.05, 0) is 48.5 Å². The van der Waals surface area contributed by atoms with Gasteiger partial charge < -0.3 is 14.8 Å². The minimum Gasteiger partial charge on any atom is -0.497 e. The highest BCUT2D eigenvalue weighted by Crippen LogP contribution is 2.22. The molecule has 0 unspecified atom stereocenters. The number of nitrogens with zero attached hydrogens (tertiary/aromatic N) is 2. The van der Waals surface area contributed by atoms with Gasteiger partial charge in [0, 0.05) is 16.8 Å². The fraction of sp³-hybridized carbons (Fsp3) is 0.105. The van der Waals surface area contributed by atoms with E-state index < -0.39 is 11.5 Å². The van der Waals surface area contributed by atoms with Crippen LogP contribution in [0.15, 0.2) is 59.4 Å². The van der Waals surface area contributed by atoms with Gasteiger partial charge in [-0.2, -0.15) is 9.78 Å².